The van der Waals surface area contributed by atoms with Gasteiger partial charge in [0.2, 0.25) is 0 Å². The van der Waals surface area contributed by atoms with Crippen LogP contribution in [0.15, 0.2) is 83.9 Å². The number of hydrogen-bond donors (Lipinski definition) is 2. The lowest BCUT2D eigenvalue weighted by Gasteiger charge is -2.43. The summed E-state index contributed by atoms with van der Waals surface area (Å²) in [4.78, 5) is 11.1. The molecular weight excluding hydrogens is 830 g/mol. The van der Waals surface area contributed by atoms with Gasteiger partial charge in [0.25, 0.3) is 0 Å². The molecule has 12 heteroatoms. The van der Waals surface area contributed by atoms with Gasteiger partial charge < -0.3 is 20.0 Å². The van der Waals surface area contributed by atoms with Gasteiger partial charge in [-0.15, -0.1) is 21.5 Å². The van der Waals surface area contributed by atoms with E-state index in [0.717, 1.165) is 94.9 Å². The molecule has 0 bridgehead atoms. The molecule has 64 heavy (non-hydrogen) atoms. The number of piperidine rings is 2. The van der Waals surface area contributed by atoms with E-state index in [2.05, 4.69) is 69.6 Å². The smallest absolute Gasteiger partial charge is 0.162 e. The highest BCUT2D eigenvalue weighted by Gasteiger charge is 2.38. The number of phenols is 1. The van der Waals surface area contributed by atoms with Crippen LogP contribution >= 0.6 is 11.3 Å². The van der Waals surface area contributed by atoms with Crippen LogP contribution in [0.1, 0.15) is 131 Å². The van der Waals surface area contributed by atoms with Crippen LogP contribution in [-0.4, -0.2) is 73.9 Å². The molecule has 10 rings (SSSR count). The van der Waals surface area contributed by atoms with E-state index in [0.29, 0.717) is 37.8 Å². The first-order valence-corrected chi connectivity index (χ1v) is 23.1. The lowest BCUT2D eigenvalue weighted by Crippen LogP contribution is -2.52. The molecule has 2 N–H and O–H groups in total. The van der Waals surface area contributed by atoms with E-state index < -0.39 is 23.2 Å². The molecule has 0 radical (unpaired) electrons. The monoisotopic (exact) mass is 886 g/mol. The lowest BCUT2D eigenvalue weighted by molar-refractivity contribution is -0.0213. The normalized spacial score (nSPS) is 21.0. The van der Waals surface area contributed by atoms with Crippen molar-refractivity contribution in [1.29, 1.82) is 0 Å². The van der Waals surface area contributed by atoms with Crippen LogP contribution in [0.25, 0.3) is 5.00 Å². The molecule has 2 fully saturated rings. The van der Waals surface area contributed by atoms with E-state index in [-0.39, 0.29) is 42.4 Å². The summed E-state index contributed by atoms with van der Waals surface area (Å²) in [5.41, 5.74) is 7.89. The van der Waals surface area contributed by atoms with Gasteiger partial charge in [0.05, 0.1) is 11.3 Å². The van der Waals surface area contributed by atoms with E-state index in [9.17, 15) is 14.6 Å². The van der Waals surface area contributed by atoms with Gasteiger partial charge in [0.15, 0.2) is 5.82 Å². The van der Waals surface area contributed by atoms with E-state index >= 15 is 8.78 Å². The maximum atomic E-state index is 16.4. The molecule has 2 unspecified atom stereocenters. The zero-order chi connectivity index (χ0) is 43.7. The van der Waals surface area contributed by atoms with Crippen molar-refractivity contribution in [3.05, 3.63) is 157 Å². The number of aryl methyl sites for hydroxylation is 3. The van der Waals surface area contributed by atoms with Crippen molar-refractivity contribution in [3.8, 4) is 10.8 Å². The summed E-state index contributed by atoms with van der Waals surface area (Å²) in [6.45, 7) is 11.9. The Kier molecular flexibility index (Phi) is 11.8. The second-order valence-electron chi connectivity index (χ2n) is 18.3. The van der Waals surface area contributed by atoms with Gasteiger partial charge in [-0.1, -0.05) is 37.8 Å². The van der Waals surface area contributed by atoms with E-state index in [1.54, 1.807) is 41.7 Å². The third kappa shape index (κ3) is 7.96. The molecule has 3 aliphatic heterocycles. The van der Waals surface area contributed by atoms with Gasteiger partial charge in [-0.2, -0.15) is 0 Å². The third-order valence-corrected chi connectivity index (χ3v) is 15.6. The van der Waals surface area contributed by atoms with Gasteiger partial charge in [0.1, 0.15) is 40.1 Å². The molecule has 0 amide bonds. The first-order chi connectivity index (χ1) is 30.3. The predicted molar refractivity (Wildman–Crippen MR) is 249 cm³/mol. The second kappa shape index (κ2) is 17.2. The second-order valence-corrected chi connectivity index (χ2v) is 19.5. The number of rotatable bonds is 7. The fourth-order valence-corrected chi connectivity index (χ4v) is 12.1. The third-order valence-electron chi connectivity index (χ3n) is 14.4. The first kappa shape index (κ1) is 43.9. The van der Waals surface area contributed by atoms with Gasteiger partial charge >= 0.3 is 0 Å². The number of halogens is 3. The van der Waals surface area contributed by atoms with Crippen LogP contribution in [0, 0.1) is 38.2 Å². The Bertz CT molecular complexity index is 2690. The highest BCUT2D eigenvalue weighted by molar-refractivity contribution is 7.15. The topological polar surface area (TPSA) is 90.0 Å². The summed E-state index contributed by atoms with van der Waals surface area (Å²) in [6.07, 6.45) is 4.04. The molecule has 8 nitrogen and oxygen atoms in total. The van der Waals surface area contributed by atoms with Crippen LogP contribution in [0.2, 0.25) is 0 Å². The summed E-state index contributed by atoms with van der Waals surface area (Å²) in [5.74, 6) is -0.540. The molecule has 0 saturated carbocycles. The van der Waals surface area contributed by atoms with Gasteiger partial charge in [-0.05, 0) is 167 Å². The van der Waals surface area contributed by atoms with Crippen molar-refractivity contribution in [3.63, 3.8) is 0 Å². The maximum absolute atomic E-state index is 16.4. The number of aromatic nitrogens is 3. The summed E-state index contributed by atoms with van der Waals surface area (Å²) < 4.78 is 48.9. The molecule has 5 heterocycles. The van der Waals surface area contributed by atoms with Gasteiger partial charge in [-0.3, -0.25) is 9.56 Å². The lowest BCUT2D eigenvalue weighted by atomic mass is 9.68. The molecular formula is C52H57F3N6O2S. The number of aliphatic hydroxyl groups is 1. The minimum Gasteiger partial charge on any atom is -0.508 e. The Morgan fingerprint density at radius 3 is 2.19 bits per heavy atom. The maximum Gasteiger partial charge on any atom is 0.162 e. The van der Waals surface area contributed by atoms with E-state index in [1.165, 1.54) is 34.7 Å². The molecule has 2 aromatic heterocycles. The molecule has 2 saturated heterocycles. The standard InChI is InChI=1S/C51H53F3N6O2S.CH4/c1-29-31(3)63-50-45(29)48(55-30(2)49-57-56-32(4)60(49)50)35-7-12-39(13-8-35)59-23-19-51(62,20-24-59)28-58-21-17-33(18-22-58)37-26-43(53)47(44(54)27-37)46-41(34-5-10-38(52)11-6-34)15-9-36-25-40(61)14-16-42(36)46;/h5-8,10-14,16,25-27,30,33,41,46,61-62H,9,15,17-24,28H2,1-4H3;1H4/t30-,41?,46?;/m0./s1. The summed E-state index contributed by atoms with van der Waals surface area (Å²) in [5, 5.41) is 32.0. The molecule has 6 aromatic rings. The number of thiophene rings is 1. The average Bonchev–Trinajstić information content (AvgIpc) is 3.76. The Balaban J connectivity index is 0.00000518. The Labute approximate surface area is 378 Å². The van der Waals surface area contributed by atoms with Crippen molar-refractivity contribution in [2.45, 2.75) is 103 Å². The Morgan fingerprint density at radius 1 is 0.812 bits per heavy atom. The van der Waals surface area contributed by atoms with Crippen molar-refractivity contribution in [1.82, 2.24) is 19.7 Å². The van der Waals surface area contributed by atoms with Gasteiger partial charge in [0, 0.05) is 52.8 Å². The SMILES string of the molecule is C.Cc1sc2c(c1C)C(c1ccc(N3CCC(O)(CN4CCC(c5cc(F)c(C6c7ccc(O)cc7CCC6c6ccc(F)cc6)c(F)c5)CC4)CC3)cc1)=N[C@@H](C)c1nnc(C)n1-2. The highest BCUT2D eigenvalue weighted by atomic mass is 32.1. The fourth-order valence-electron chi connectivity index (χ4n) is 10.9. The van der Waals surface area contributed by atoms with Crippen LogP contribution in [0.5, 0.6) is 5.75 Å². The number of fused-ring (bicyclic) bond motifs is 4. The van der Waals surface area contributed by atoms with Crippen molar-refractivity contribution >= 4 is 22.7 Å². The number of nitrogens with zero attached hydrogens (tertiary/aromatic N) is 6. The quantitative estimate of drug-likeness (QED) is 0.166. The van der Waals surface area contributed by atoms with Crippen molar-refractivity contribution in [2.24, 2.45) is 4.99 Å². The molecule has 1 aliphatic carbocycles. The number of likely N-dealkylation sites (tertiary alicyclic amines) is 1. The van der Waals surface area contributed by atoms with Crippen molar-refractivity contribution < 1.29 is 23.4 Å². The van der Waals surface area contributed by atoms with Crippen LogP contribution in [-0.2, 0) is 6.42 Å². The minimum absolute atomic E-state index is 0. The predicted octanol–water partition coefficient (Wildman–Crippen LogP) is 11.0. The van der Waals surface area contributed by atoms with E-state index in [4.69, 9.17) is 4.99 Å². The largest absolute Gasteiger partial charge is 0.508 e. The first-order valence-electron chi connectivity index (χ1n) is 22.3. The van der Waals surface area contributed by atoms with Crippen LogP contribution in [0.4, 0.5) is 18.9 Å². The Hall–Kier alpha value is -5.30. The van der Waals surface area contributed by atoms with E-state index in [1.807, 2.05) is 6.92 Å². The molecule has 0 spiro atoms. The Morgan fingerprint density at radius 2 is 1.50 bits per heavy atom. The number of phenolic OH excluding ortho intramolecular Hbond substituents is 1. The zero-order valence-electron chi connectivity index (χ0n) is 36.2. The summed E-state index contributed by atoms with van der Waals surface area (Å²) in [6, 6.07) is 22.8. The summed E-state index contributed by atoms with van der Waals surface area (Å²) >= 11 is 1.76. The minimum atomic E-state index is -0.815. The fraction of sp³-hybridized carbons (Fsp3) is 0.404. The molecule has 3 atom stereocenters. The highest BCUT2D eigenvalue weighted by Crippen LogP contribution is 2.49. The number of hydrogen-bond acceptors (Lipinski definition) is 8. The van der Waals surface area contributed by atoms with Crippen LogP contribution < -0.4 is 4.90 Å². The molecule has 4 aromatic carbocycles. The number of benzene rings is 4. The number of aromatic hydroxyl groups is 1. The zero-order valence-corrected chi connectivity index (χ0v) is 37.0. The molecule has 334 valence electrons. The van der Waals surface area contributed by atoms with Gasteiger partial charge in [-0.25, -0.2) is 13.2 Å². The number of aliphatic imine (C=N–C) groups is 1. The van der Waals surface area contributed by atoms with Crippen LogP contribution in [0.3, 0.4) is 0 Å². The number of anilines is 1. The van der Waals surface area contributed by atoms with Crippen molar-refractivity contribution in [2.75, 3.05) is 37.6 Å². The summed E-state index contributed by atoms with van der Waals surface area (Å²) in [7, 11) is 0. The number of β-amino-alcohol motifs (C(OH)–C–C–N with tert-alkyl or cyclic N) is 1. The molecule has 4 aliphatic rings. The average molecular weight is 887 g/mol.